The van der Waals surface area contributed by atoms with Crippen LogP contribution in [0.5, 0.6) is 0 Å². The van der Waals surface area contributed by atoms with Crippen molar-refractivity contribution in [1.82, 2.24) is 0 Å². The van der Waals surface area contributed by atoms with Gasteiger partial charge in [-0.2, -0.15) is 0 Å². The predicted molar refractivity (Wildman–Crippen MR) is 274 cm³/mol. The molecular formula is C57H54P4. The van der Waals surface area contributed by atoms with Crippen molar-refractivity contribution in [3.8, 4) is 0 Å². The van der Waals surface area contributed by atoms with Crippen molar-refractivity contribution >= 4 is 74.1 Å². The Labute approximate surface area is 369 Å². The lowest BCUT2D eigenvalue weighted by atomic mass is 9.91. The van der Waals surface area contributed by atoms with Gasteiger partial charge in [0, 0.05) is 0 Å². The third kappa shape index (κ3) is 10.4. The zero-order valence-electron chi connectivity index (χ0n) is 34.7. The number of hydrogen-bond donors (Lipinski definition) is 0. The van der Waals surface area contributed by atoms with Gasteiger partial charge in [0.2, 0.25) is 0 Å². The first-order valence-electron chi connectivity index (χ1n) is 21.8. The molecule has 0 aromatic heterocycles. The van der Waals surface area contributed by atoms with Crippen LogP contribution < -0.4 is 42.4 Å². The van der Waals surface area contributed by atoms with Gasteiger partial charge in [0.15, 0.2) is 0 Å². The van der Waals surface area contributed by atoms with Crippen molar-refractivity contribution in [2.24, 2.45) is 23.7 Å². The topological polar surface area (TPSA) is 0 Å². The van der Waals surface area contributed by atoms with Crippen LogP contribution in [0.1, 0.15) is 6.42 Å². The quantitative estimate of drug-likeness (QED) is 0.0849. The normalized spacial score (nSPS) is 17.6. The van der Waals surface area contributed by atoms with Crippen molar-refractivity contribution in [3.05, 3.63) is 243 Å². The minimum atomic E-state index is -0.589. The summed E-state index contributed by atoms with van der Waals surface area (Å²) in [5.74, 6) is 2.31. The van der Waals surface area contributed by atoms with Crippen LogP contribution in [0.25, 0.3) is 0 Å². The second kappa shape index (κ2) is 21.0. The van der Waals surface area contributed by atoms with Crippen LogP contribution in [-0.4, -0.2) is 24.6 Å². The van der Waals surface area contributed by atoms with Gasteiger partial charge in [-0.15, -0.1) is 0 Å². The highest BCUT2D eigenvalue weighted by Gasteiger charge is 2.46. The van der Waals surface area contributed by atoms with Crippen LogP contribution in [-0.2, 0) is 0 Å². The van der Waals surface area contributed by atoms with Crippen LogP contribution >= 0.6 is 31.7 Å². The Bertz CT molecular complexity index is 2140. The number of hydrogen-bond acceptors (Lipinski definition) is 0. The average molecular weight is 863 g/mol. The highest BCUT2D eigenvalue weighted by molar-refractivity contribution is 7.74. The molecule has 0 aliphatic heterocycles. The lowest BCUT2D eigenvalue weighted by molar-refractivity contribution is 0.366. The fourth-order valence-electron chi connectivity index (χ4n) is 9.62. The van der Waals surface area contributed by atoms with E-state index in [2.05, 4.69) is 243 Å². The summed E-state index contributed by atoms with van der Waals surface area (Å²) in [7, 11) is -2.30. The van der Waals surface area contributed by atoms with E-state index in [4.69, 9.17) is 0 Å². The predicted octanol–water partition coefficient (Wildman–Crippen LogP) is 11.4. The monoisotopic (exact) mass is 862 g/mol. The summed E-state index contributed by atoms with van der Waals surface area (Å²) >= 11 is 0. The third-order valence-corrected chi connectivity index (χ3v) is 23.1. The molecule has 9 rings (SSSR count). The van der Waals surface area contributed by atoms with E-state index < -0.39 is 31.7 Å². The molecular weight excluding hydrogens is 809 g/mol. The fraction of sp³-hybridized carbons (Fsp3) is 0.158. The van der Waals surface area contributed by atoms with Gasteiger partial charge in [0.25, 0.3) is 0 Å². The summed E-state index contributed by atoms with van der Waals surface area (Å²) < 4.78 is 0. The van der Waals surface area contributed by atoms with Gasteiger partial charge < -0.3 is 0 Å². The molecule has 8 aromatic rings. The number of rotatable bonds is 16. The summed E-state index contributed by atoms with van der Waals surface area (Å²) in [6.45, 7) is 0. The summed E-state index contributed by atoms with van der Waals surface area (Å²) in [4.78, 5) is 0. The van der Waals surface area contributed by atoms with E-state index in [1.54, 1.807) is 0 Å². The SMILES string of the molecule is c1ccc(P(CC2C[C@H](CP(c3ccccc3)c3ccccc3)[C@H](CP(c3ccccc3)c3ccccc3)[C@@H]2CP(c2ccccc2)c2ccccc2)c2ccccc2)cc1. The molecule has 8 aromatic carbocycles. The first-order chi connectivity index (χ1) is 30.3. The second-order valence-corrected chi connectivity index (χ2v) is 25.2. The van der Waals surface area contributed by atoms with Crippen molar-refractivity contribution in [2.75, 3.05) is 24.6 Å². The Morgan fingerprint density at radius 2 is 0.393 bits per heavy atom. The van der Waals surface area contributed by atoms with Crippen LogP contribution in [0.2, 0.25) is 0 Å². The van der Waals surface area contributed by atoms with Gasteiger partial charge in [-0.05, 0) is 129 Å². The standard InChI is InChI=1S/C57H54P4/c1-9-25-48(26-10-1)58(49-27-11-2-12-28-49)42-46-41-47(43-59(50-29-13-3-14-30-50)51-31-15-4-16-32-51)57(45-61(54-37-21-7-22-38-54)55-39-23-8-24-40-55)56(46)44-60(52-33-17-5-18-34-52)53-35-19-6-20-36-53/h1-40,46-47,56-57H,41-45H2/t46-,47?,56+,57-/m1/s1. The summed E-state index contributed by atoms with van der Waals surface area (Å²) in [5.41, 5.74) is 0. The van der Waals surface area contributed by atoms with Gasteiger partial charge in [-0.3, -0.25) is 0 Å². The Hall–Kier alpha value is -4.52. The molecule has 1 saturated carbocycles. The minimum absolute atomic E-state index is 0.558. The van der Waals surface area contributed by atoms with Crippen molar-refractivity contribution in [3.63, 3.8) is 0 Å². The summed E-state index contributed by atoms with van der Waals surface area (Å²) in [5, 5.41) is 12.0. The molecule has 0 saturated heterocycles. The minimum Gasteiger partial charge on any atom is -0.0622 e. The average Bonchev–Trinajstić information content (AvgIpc) is 3.67. The lowest BCUT2D eigenvalue weighted by Gasteiger charge is -2.35. The first-order valence-corrected chi connectivity index (χ1v) is 27.9. The molecule has 0 N–H and O–H groups in total. The molecule has 0 amide bonds. The van der Waals surface area contributed by atoms with E-state index in [0.717, 1.165) is 0 Å². The molecule has 0 nitrogen and oxygen atoms in total. The van der Waals surface area contributed by atoms with Crippen LogP contribution in [0.3, 0.4) is 0 Å². The molecule has 302 valence electrons. The van der Waals surface area contributed by atoms with Gasteiger partial charge in [-0.1, -0.05) is 243 Å². The van der Waals surface area contributed by atoms with Gasteiger partial charge in [0.05, 0.1) is 0 Å². The Balaban J connectivity index is 1.21. The maximum atomic E-state index is 2.42. The molecule has 4 atom stereocenters. The molecule has 0 heterocycles. The molecule has 1 fully saturated rings. The van der Waals surface area contributed by atoms with Gasteiger partial charge in [0.1, 0.15) is 0 Å². The van der Waals surface area contributed by atoms with Gasteiger partial charge in [-0.25, -0.2) is 0 Å². The Morgan fingerprint density at radius 1 is 0.230 bits per heavy atom. The van der Waals surface area contributed by atoms with E-state index in [9.17, 15) is 0 Å². The molecule has 61 heavy (non-hydrogen) atoms. The second-order valence-electron chi connectivity index (χ2n) is 16.2. The molecule has 0 spiro atoms. The lowest BCUT2D eigenvalue weighted by Crippen LogP contribution is -2.32. The zero-order chi connectivity index (χ0) is 41.1. The smallest absolute Gasteiger partial charge is 0.0195 e. The van der Waals surface area contributed by atoms with Crippen molar-refractivity contribution in [2.45, 2.75) is 6.42 Å². The molecule has 0 bridgehead atoms. The molecule has 1 aliphatic carbocycles. The molecule has 4 heteroatoms. The maximum absolute atomic E-state index is 2.42. The Morgan fingerprint density at radius 3 is 0.574 bits per heavy atom. The molecule has 1 aliphatic rings. The Kier molecular flexibility index (Phi) is 14.4. The van der Waals surface area contributed by atoms with Crippen LogP contribution in [0.4, 0.5) is 0 Å². The van der Waals surface area contributed by atoms with Crippen molar-refractivity contribution < 1.29 is 0 Å². The summed E-state index contributed by atoms with van der Waals surface area (Å²) in [6, 6.07) is 92.3. The summed E-state index contributed by atoms with van der Waals surface area (Å²) in [6.07, 6.45) is 6.13. The highest BCUT2D eigenvalue weighted by Crippen LogP contribution is 2.57. The van der Waals surface area contributed by atoms with E-state index in [0.29, 0.717) is 23.7 Å². The first kappa shape index (κ1) is 41.8. The van der Waals surface area contributed by atoms with E-state index in [-0.39, 0.29) is 0 Å². The third-order valence-electron chi connectivity index (χ3n) is 12.5. The number of benzene rings is 8. The maximum Gasteiger partial charge on any atom is -0.0195 e. The van der Waals surface area contributed by atoms with E-state index in [1.807, 2.05) is 0 Å². The van der Waals surface area contributed by atoms with E-state index >= 15 is 0 Å². The molecule has 1 unspecified atom stereocenters. The fourth-order valence-corrected chi connectivity index (χ4v) is 20.5. The molecule has 0 radical (unpaired) electrons. The van der Waals surface area contributed by atoms with Crippen LogP contribution in [0.15, 0.2) is 243 Å². The van der Waals surface area contributed by atoms with Crippen molar-refractivity contribution in [1.29, 1.82) is 0 Å². The largest absolute Gasteiger partial charge is 0.0622 e. The van der Waals surface area contributed by atoms with Crippen LogP contribution in [0, 0.1) is 23.7 Å². The van der Waals surface area contributed by atoms with E-state index in [1.165, 1.54) is 73.5 Å². The zero-order valence-corrected chi connectivity index (χ0v) is 38.3. The van der Waals surface area contributed by atoms with Gasteiger partial charge >= 0.3 is 0 Å². The highest BCUT2D eigenvalue weighted by atomic mass is 31.1.